The molecule has 0 saturated carbocycles. The third-order valence-electron chi connectivity index (χ3n) is 8.15. The van der Waals surface area contributed by atoms with E-state index in [4.69, 9.17) is 10.3 Å². The molecule has 4 N–H and O–H groups in total. The summed E-state index contributed by atoms with van der Waals surface area (Å²) in [6.45, 7) is 2.03. The van der Waals surface area contributed by atoms with Crippen molar-refractivity contribution in [2.75, 3.05) is 11.9 Å². The van der Waals surface area contributed by atoms with Gasteiger partial charge in [0, 0.05) is 35.5 Å². The van der Waals surface area contributed by atoms with Crippen molar-refractivity contribution in [3.8, 4) is 34.0 Å². The largest absolute Gasteiger partial charge is 0.480 e. The number of nitrogens with zero attached hydrogens (tertiary/aromatic N) is 3. The van der Waals surface area contributed by atoms with E-state index >= 15 is 0 Å². The molecule has 0 atom stereocenters. The van der Waals surface area contributed by atoms with Crippen molar-refractivity contribution in [2.45, 2.75) is 26.4 Å². The Morgan fingerprint density at radius 1 is 0.760 bits per heavy atom. The van der Waals surface area contributed by atoms with Crippen LogP contribution in [0.4, 0.5) is 5.69 Å². The first kappa shape index (κ1) is 33.5. The lowest BCUT2D eigenvalue weighted by Gasteiger charge is -2.21. The highest BCUT2D eigenvalue weighted by atomic mass is 16.5. The van der Waals surface area contributed by atoms with Gasteiger partial charge in [0.15, 0.2) is 0 Å². The fourth-order valence-corrected chi connectivity index (χ4v) is 5.49. The zero-order valence-corrected chi connectivity index (χ0v) is 27.4. The Bertz CT molecular complexity index is 2110. The fourth-order valence-electron chi connectivity index (χ4n) is 5.49. The van der Waals surface area contributed by atoms with Crippen LogP contribution in [0.1, 0.15) is 32.6 Å². The van der Waals surface area contributed by atoms with E-state index in [0.717, 1.165) is 33.4 Å². The lowest BCUT2D eigenvalue weighted by atomic mass is 10.0. The molecule has 0 aliphatic rings. The summed E-state index contributed by atoms with van der Waals surface area (Å²) in [7, 11) is 0. The minimum Gasteiger partial charge on any atom is -0.480 e. The number of anilines is 1. The molecule has 0 radical (unpaired) electrons. The van der Waals surface area contributed by atoms with Crippen molar-refractivity contribution < 1.29 is 24.0 Å². The second kappa shape index (κ2) is 15.2. The molecule has 50 heavy (non-hydrogen) atoms. The maximum Gasteiger partial charge on any atom is 0.323 e. The maximum absolute atomic E-state index is 13.4. The summed E-state index contributed by atoms with van der Waals surface area (Å²) in [4.78, 5) is 43.5. The molecule has 0 unspecified atom stereocenters. The number of hydrogen-bond acceptors (Lipinski definition) is 7. The van der Waals surface area contributed by atoms with Gasteiger partial charge >= 0.3 is 5.97 Å². The second-order valence-electron chi connectivity index (χ2n) is 11.9. The van der Waals surface area contributed by atoms with Crippen molar-refractivity contribution in [2.24, 2.45) is 5.73 Å². The smallest absolute Gasteiger partial charge is 0.323 e. The van der Waals surface area contributed by atoms with E-state index < -0.39 is 18.4 Å². The Morgan fingerprint density at radius 2 is 1.38 bits per heavy atom. The molecule has 250 valence electrons. The first-order chi connectivity index (χ1) is 24.2. The van der Waals surface area contributed by atoms with Gasteiger partial charge in [-0.15, -0.1) is 0 Å². The Labute approximate surface area is 289 Å². The average molecular weight is 666 g/mol. The van der Waals surface area contributed by atoms with Crippen LogP contribution in [0.15, 0.2) is 126 Å². The molecule has 10 nitrogen and oxygen atoms in total. The van der Waals surface area contributed by atoms with Gasteiger partial charge < -0.3 is 25.6 Å². The zero-order chi connectivity index (χ0) is 35.0. The monoisotopic (exact) mass is 665 g/mol. The van der Waals surface area contributed by atoms with Crippen molar-refractivity contribution in [1.29, 1.82) is 0 Å². The van der Waals surface area contributed by atoms with E-state index in [1.807, 2.05) is 48.5 Å². The molecule has 2 amide bonds. The molecule has 6 aromatic rings. The Hall–Kier alpha value is -6.39. The van der Waals surface area contributed by atoms with Crippen molar-refractivity contribution in [3.05, 3.63) is 149 Å². The van der Waals surface area contributed by atoms with E-state index in [1.54, 1.807) is 48.5 Å². The summed E-state index contributed by atoms with van der Waals surface area (Å²) in [6, 6.07) is 37.3. The predicted molar refractivity (Wildman–Crippen MR) is 191 cm³/mol. The number of aliphatic carboxylic acids is 1. The van der Waals surface area contributed by atoms with Gasteiger partial charge in [-0.3, -0.25) is 14.4 Å². The summed E-state index contributed by atoms with van der Waals surface area (Å²) < 4.78 is 5.54. The topological polar surface area (TPSA) is 152 Å². The molecule has 0 fully saturated rings. The number of rotatable bonds is 12. The summed E-state index contributed by atoms with van der Waals surface area (Å²) in [5.41, 5.74) is 13.9. The minimum absolute atomic E-state index is 0.0661. The molecule has 0 bridgehead atoms. The molecule has 0 spiro atoms. The molecular formula is C40H35N5O5. The van der Waals surface area contributed by atoms with Gasteiger partial charge in [0.25, 0.3) is 11.8 Å². The molecule has 0 aliphatic heterocycles. The molecule has 1 heterocycles. The number of carboxylic acid groups (broad SMARTS) is 1. The predicted octanol–water partition coefficient (Wildman–Crippen LogP) is 6.75. The van der Waals surface area contributed by atoms with Crippen LogP contribution in [0.2, 0.25) is 0 Å². The lowest BCUT2D eigenvalue weighted by Crippen LogP contribution is -2.35. The van der Waals surface area contributed by atoms with Gasteiger partial charge in [0.05, 0.1) is 6.42 Å². The Morgan fingerprint density at radius 3 is 2.04 bits per heavy atom. The average Bonchev–Trinajstić information content (AvgIpc) is 3.62. The highest BCUT2D eigenvalue weighted by Crippen LogP contribution is 2.26. The number of nitrogens with two attached hydrogens (primary N) is 1. The van der Waals surface area contributed by atoms with Crippen molar-refractivity contribution in [1.82, 2.24) is 15.0 Å². The van der Waals surface area contributed by atoms with Crippen molar-refractivity contribution in [3.63, 3.8) is 0 Å². The Kier molecular flexibility index (Phi) is 10.2. The first-order valence-corrected chi connectivity index (χ1v) is 16.0. The number of benzene rings is 5. The molecule has 1 aromatic heterocycles. The van der Waals surface area contributed by atoms with Gasteiger partial charge in [-0.25, -0.2) is 0 Å². The minimum atomic E-state index is -1.14. The highest BCUT2D eigenvalue weighted by Gasteiger charge is 2.20. The number of carbonyl (C=O) groups excluding carboxylic acids is 2. The molecule has 5 aromatic carbocycles. The molecule has 6 rings (SSSR count). The van der Waals surface area contributed by atoms with Gasteiger partial charge in [0.1, 0.15) is 6.54 Å². The number of aryl methyl sites for hydroxylation is 1. The van der Waals surface area contributed by atoms with Crippen LogP contribution >= 0.6 is 0 Å². The van der Waals surface area contributed by atoms with Crippen LogP contribution in [0.5, 0.6) is 0 Å². The van der Waals surface area contributed by atoms with E-state index in [2.05, 4.69) is 46.6 Å². The van der Waals surface area contributed by atoms with Crippen LogP contribution in [0.3, 0.4) is 0 Å². The van der Waals surface area contributed by atoms with E-state index in [1.165, 1.54) is 10.5 Å². The number of hydrogen-bond donors (Lipinski definition) is 3. The second-order valence-corrected chi connectivity index (χ2v) is 11.9. The SMILES string of the molecule is Cc1ccc(-c2ccc(-c3nc(-c4ccc(CN(CC(=O)O)C(=O)c5ccc(NC(=O)Cc6cccc(CN)c6)cc5)cc4)no3)cc2)cc1. The standard InChI is InChI=1S/C40H35N5O5/c1-26-5-9-30(10-6-26)31-13-15-33(16-14-31)39-43-38(44-50-39)32-11-7-27(8-12-32)24-45(25-37(47)48)40(49)34-17-19-35(20-18-34)42-36(46)22-28-3-2-4-29(21-28)23-41/h2-21H,22-25,41H2,1H3,(H,42,46)(H,47,48). The van der Waals surface area contributed by atoms with Crippen LogP contribution in [0, 0.1) is 6.92 Å². The van der Waals surface area contributed by atoms with Crippen LogP contribution in [-0.4, -0.2) is 44.5 Å². The molecule has 10 heteroatoms. The maximum atomic E-state index is 13.4. The number of amides is 2. The third-order valence-corrected chi connectivity index (χ3v) is 8.15. The van der Waals surface area contributed by atoms with E-state index in [0.29, 0.717) is 35.1 Å². The number of carbonyl (C=O) groups is 3. The van der Waals surface area contributed by atoms with Gasteiger partial charge in [-0.1, -0.05) is 95.6 Å². The Balaban J connectivity index is 1.08. The number of aromatic nitrogens is 2. The summed E-state index contributed by atoms with van der Waals surface area (Å²) >= 11 is 0. The molecule has 0 aliphatic carbocycles. The summed E-state index contributed by atoms with van der Waals surface area (Å²) in [5, 5.41) is 16.5. The summed E-state index contributed by atoms with van der Waals surface area (Å²) in [6.07, 6.45) is 0.177. The first-order valence-electron chi connectivity index (χ1n) is 16.0. The quantitative estimate of drug-likeness (QED) is 0.130. The zero-order valence-electron chi connectivity index (χ0n) is 27.4. The van der Waals surface area contributed by atoms with Crippen LogP contribution in [0.25, 0.3) is 34.0 Å². The molecule has 0 saturated heterocycles. The third kappa shape index (κ3) is 8.36. The van der Waals surface area contributed by atoms with Gasteiger partial charge in [-0.2, -0.15) is 4.98 Å². The van der Waals surface area contributed by atoms with Crippen LogP contribution in [-0.2, 0) is 29.1 Å². The number of carboxylic acids is 1. The highest BCUT2D eigenvalue weighted by molar-refractivity contribution is 5.97. The summed E-state index contributed by atoms with van der Waals surface area (Å²) in [5.74, 6) is -1.00. The van der Waals surface area contributed by atoms with E-state index in [9.17, 15) is 19.5 Å². The van der Waals surface area contributed by atoms with Gasteiger partial charge in [0.2, 0.25) is 11.7 Å². The van der Waals surface area contributed by atoms with Crippen molar-refractivity contribution >= 4 is 23.5 Å². The van der Waals surface area contributed by atoms with E-state index in [-0.39, 0.29) is 18.9 Å². The van der Waals surface area contributed by atoms with Gasteiger partial charge in [-0.05, 0) is 71.1 Å². The van der Waals surface area contributed by atoms with Crippen LogP contribution < -0.4 is 11.1 Å². The normalized spacial score (nSPS) is 10.8. The molecular weight excluding hydrogens is 630 g/mol. The number of nitrogens with one attached hydrogen (secondary N) is 1. The lowest BCUT2D eigenvalue weighted by molar-refractivity contribution is -0.137. The fraction of sp³-hybridized carbons (Fsp3) is 0.125.